The molecule has 1 fully saturated rings. The molecule has 1 aliphatic rings. The highest BCUT2D eigenvalue weighted by Gasteiger charge is 2.22. The highest BCUT2D eigenvalue weighted by molar-refractivity contribution is 5.70. The molecule has 2 aromatic rings. The number of ether oxygens (including phenoxy) is 1. The van der Waals surface area contributed by atoms with Gasteiger partial charge in [-0.05, 0) is 73.3 Å². The first-order valence-electron chi connectivity index (χ1n) is 10.8. The van der Waals surface area contributed by atoms with E-state index >= 15 is 0 Å². The molecule has 0 amide bonds. The van der Waals surface area contributed by atoms with Crippen LogP contribution in [0.1, 0.15) is 76.7 Å². The van der Waals surface area contributed by atoms with Gasteiger partial charge in [0.2, 0.25) is 0 Å². The lowest BCUT2D eigenvalue weighted by Gasteiger charge is -2.29. The summed E-state index contributed by atoms with van der Waals surface area (Å²) >= 11 is 0. The Hall–Kier alpha value is -1.96. The summed E-state index contributed by atoms with van der Waals surface area (Å²) in [5.74, 6) is 2.49. The number of hydrogen-bond acceptors (Lipinski definition) is 2. The van der Waals surface area contributed by atoms with Crippen molar-refractivity contribution >= 4 is 5.69 Å². The molecule has 0 unspecified atom stereocenters. The topological polar surface area (TPSA) is 35.2 Å². The zero-order valence-electron chi connectivity index (χ0n) is 17.0. The molecule has 2 heteroatoms. The molecule has 2 nitrogen and oxygen atoms in total. The zero-order valence-corrected chi connectivity index (χ0v) is 17.0. The van der Waals surface area contributed by atoms with E-state index in [0.717, 1.165) is 23.1 Å². The van der Waals surface area contributed by atoms with E-state index in [1.807, 2.05) is 19.1 Å². The fourth-order valence-electron chi connectivity index (χ4n) is 4.43. The maximum Gasteiger partial charge on any atom is 0.142 e. The van der Waals surface area contributed by atoms with Crippen LogP contribution in [0.3, 0.4) is 0 Å². The Labute approximate surface area is 165 Å². The van der Waals surface area contributed by atoms with Gasteiger partial charge in [0.15, 0.2) is 0 Å². The molecule has 0 bridgehead atoms. The summed E-state index contributed by atoms with van der Waals surface area (Å²) < 4.78 is 5.54. The van der Waals surface area contributed by atoms with Gasteiger partial charge in [-0.1, -0.05) is 62.9 Å². The van der Waals surface area contributed by atoms with Gasteiger partial charge < -0.3 is 10.5 Å². The van der Waals surface area contributed by atoms with Crippen LogP contribution in [0.4, 0.5) is 5.69 Å². The van der Waals surface area contributed by atoms with Crippen molar-refractivity contribution in [2.75, 3.05) is 12.3 Å². The highest BCUT2D eigenvalue weighted by Crippen LogP contribution is 2.38. The SMILES string of the molecule is CCCCCC1CCC(c2ccc(-c3ccc(OCC)c(N)c3)cc2)CC1. The predicted octanol–water partition coefficient (Wildman–Crippen LogP) is 7.19. The summed E-state index contributed by atoms with van der Waals surface area (Å²) in [5.41, 5.74) is 10.7. The molecular formula is C25H35NO. The maximum atomic E-state index is 6.12. The number of rotatable bonds is 8. The van der Waals surface area contributed by atoms with Crippen LogP contribution in [0, 0.1) is 5.92 Å². The Balaban J connectivity index is 1.59. The first-order valence-corrected chi connectivity index (χ1v) is 10.8. The molecule has 0 saturated heterocycles. The van der Waals surface area contributed by atoms with E-state index in [9.17, 15) is 0 Å². The lowest BCUT2D eigenvalue weighted by Crippen LogP contribution is -2.13. The van der Waals surface area contributed by atoms with E-state index in [4.69, 9.17) is 10.5 Å². The van der Waals surface area contributed by atoms with Crippen molar-refractivity contribution in [3.8, 4) is 16.9 Å². The molecule has 3 rings (SSSR count). The molecule has 2 aromatic carbocycles. The minimum atomic E-state index is 0.638. The number of benzene rings is 2. The molecule has 1 aliphatic carbocycles. The van der Waals surface area contributed by atoms with Crippen molar-refractivity contribution < 1.29 is 4.74 Å². The Morgan fingerprint density at radius 1 is 0.889 bits per heavy atom. The van der Waals surface area contributed by atoms with E-state index in [2.05, 4.69) is 37.3 Å². The van der Waals surface area contributed by atoms with Crippen molar-refractivity contribution in [2.45, 2.75) is 71.1 Å². The van der Waals surface area contributed by atoms with Crippen molar-refractivity contribution in [2.24, 2.45) is 5.92 Å². The van der Waals surface area contributed by atoms with Crippen molar-refractivity contribution in [3.63, 3.8) is 0 Å². The van der Waals surface area contributed by atoms with Gasteiger partial charge in [0.25, 0.3) is 0 Å². The average Bonchev–Trinajstić information content (AvgIpc) is 2.71. The number of nitrogen functional groups attached to an aromatic ring is 1. The Kier molecular flexibility index (Phi) is 7.20. The normalized spacial score (nSPS) is 19.8. The van der Waals surface area contributed by atoms with Gasteiger partial charge in [-0.15, -0.1) is 0 Å². The minimum Gasteiger partial charge on any atom is -0.492 e. The van der Waals surface area contributed by atoms with E-state index in [0.29, 0.717) is 12.3 Å². The summed E-state index contributed by atoms with van der Waals surface area (Å²) in [4.78, 5) is 0. The van der Waals surface area contributed by atoms with Crippen LogP contribution in [0.2, 0.25) is 0 Å². The van der Waals surface area contributed by atoms with Gasteiger partial charge in [-0.25, -0.2) is 0 Å². The average molecular weight is 366 g/mol. The zero-order chi connectivity index (χ0) is 19.1. The number of unbranched alkanes of at least 4 members (excludes halogenated alkanes) is 2. The van der Waals surface area contributed by atoms with Crippen LogP contribution in [0.25, 0.3) is 11.1 Å². The molecule has 1 saturated carbocycles. The lowest BCUT2D eigenvalue weighted by molar-refractivity contribution is 0.303. The Morgan fingerprint density at radius 3 is 2.22 bits per heavy atom. The molecule has 2 N–H and O–H groups in total. The fourth-order valence-corrected chi connectivity index (χ4v) is 4.43. The fraction of sp³-hybridized carbons (Fsp3) is 0.520. The van der Waals surface area contributed by atoms with Gasteiger partial charge in [-0.3, -0.25) is 0 Å². The molecule has 0 aromatic heterocycles. The third-order valence-electron chi connectivity index (χ3n) is 6.09. The van der Waals surface area contributed by atoms with Crippen LogP contribution in [-0.4, -0.2) is 6.61 Å². The van der Waals surface area contributed by atoms with Gasteiger partial charge in [0, 0.05) is 0 Å². The summed E-state index contributed by atoms with van der Waals surface area (Å²) in [6.07, 6.45) is 11.1. The Bertz CT molecular complexity index is 699. The minimum absolute atomic E-state index is 0.638. The second kappa shape index (κ2) is 9.82. The molecule has 0 heterocycles. The number of hydrogen-bond donors (Lipinski definition) is 1. The monoisotopic (exact) mass is 365 g/mol. The molecule has 146 valence electrons. The quantitative estimate of drug-likeness (QED) is 0.397. The van der Waals surface area contributed by atoms with Gasteiger partial charge >= 0.3 is 0 Å². The van der Waals surface area contributed by atoms with E-state index in [1.165, 1.54) is 62.5 Å². The van der Waals surface area contributed by atoms with Crippen molar-refractivity contribution in [3.05, 3.63) is 48.0 Å². The van der Waals surface area contributed by atoms with Crippen molar-refractivity contribution in [1.29, 1.82) is 0 Å². The summed E-state index contributed by atoms with van der Waals surface area (Å²) in [6, 6.07) is 15.2. The van der Waals surface area contributed by atoms with Crippen molar-refractivity contribution in [1.82, 2.24) is 0 Å². The summed E-state index contributed by atoms with van der Waals surface area (Å²) in [5, 5.41) is 0. The maximum absolute atomic E-state index is 6.12. The predicted molar refractivity (Wildman–Crippen MR) is 116 cm³/mol. The summed E-state index contributed by atoms with van der Waals surface area (Å²) in [7, 11) is 0. The first-order chi connectivity index (χ1) is 13.2. The van der Waals surface area contributed by atoms with Gasteiger partial charge in [0.05, 0.1) is 12.3 Å². The standard InChI is InChI=1S/C25H35NO/c1-3-5-6-7-19-8-10-20(11-9-19)21-12-14-22(15-13-21)23-16-17-25(27-4-2)24(26)18-23/h12-20H,3-11,26H2,1-2H3. The van der Waals surface area contributed by atoms with Crippen LogP contribution >= 0.6 is 0 Å². The van der Waals surface area contributed by atoms with Crippen LogP contribution in [-0.2, 0) is 0 Å². The van der Waals surface area contributed by atoms with Crippen LogP contribution in [0.15, 0.2) is 42.5 Å². The second-order valence-corrected chi connectivity index (χ2v) is 8.02. The molecule has 0 spiro atoms. The smallest absolute Gasteiger partial charge is 0.142 e. The Morgan fingerprint density at radius 2 is 1.59 bits per heavy atom. The van der Waals surface area contributed by atoms with Gasteiger partial charge in [-0.2, -0.15) is 0 Å². The van der Waals surface area contributed by atoms with Crippen LogP contribution in [0.5, 0.6) is 5.75 Å². The number of anilines is 1. The molecule has 27 heavy (non-hydrogen) atoms. The molecular weight excluding hydrogens is 330 g/mol. The first kappa shape index (κ1) is 19.8. The third-order valence-corrected chi connectivity index (χ3v) is 6.09. The van der Waals surface area contributed by atoms with E-state index in [-0.39, 0.29) is 0 Å². The van der Waals surface area contributed by atoms with E-state index < -0.39 is 0 Å². The van der Waals surface area contributed by atoms with Crippen LogP contribution < -0.4 is 10.5 Å². The highest BCUT2D eigenvalue weighted by atomic mass is 16.5. The lowest BCUT2D eigenvalue weighted by atomic mass is 9.77. The number of nitrogens with two attached hydrogens (primary N) is 1. The molecule has 0 atom stereocenters. The third kappa shape index (κ3) is 5.28. The molecule has 0 radical (unpaired) electrons. The second-order valence-electron chi connectivity index (χ2n) is 8.02. The largest absolute Gasteiger partial charge is 0.492 e. The van der Waals surface area contributed by atoms with Gasteiger partial charge in [0.1, 0.15) is 5.75 Å². The molecule has 0 aliphatic heterocycles. The van der Waals surface area contributed by atoms with E-state index in [1.54, 1.807) is 0 Å². The summed E-state index contributed by atoms with van der Waals surface area (Å²) in [6.45, 7) is 4.91.